The minimum atomic E-state index is -0.236. The Labute approximate surface area is 108 Å². The number of carbonyl (C=O) groups is 2. The van der Waals surface area contributed by atoms with Gasteiger partial charge in [-0.25, -0.2) is 0 Å². The van der Waals surface area contributed by atoms with E-state index in [1.165, 1.54) is 0 Å². The van der Waals surface area contributed by atoms with Crippen LogP contribution < -0.4 is 0 Å². The molecule has 0 bridgehead atoms. The Morgan fingerprint density at radius 1 is 1.33 bits per heavy atom. The number of nitrogens with zero attached hydrogens (tertiary/aromatic N) is 3. The highest BCUT2D eigenvalue weighted by molar-refractivity contribution is 5.83. The second-order valence-electron chi connectivity index (χ2n) is 4.81. The van der Waals surface area contributed by atoms with Crippen molar-refractivity contribution in [2.45, 2.75) is 12.5 Å². The topological polar surface area (TPSA) is 53.1 Å². The van der Waals surface area contributed by atoms with Crippen LogP contribution in [0.2, 0.25) is 0 Å². The summed E-state index contributed by atoms with van der Waals surface area (Å²) >= 11 is 0. The van der Waals surface area contributed by atoms with Gasteiger partial charge in [0.25, 0.3) is 0 Å². The van der Waals surface area contributed by atoms with Gasteiger partial charge in [0.1, 0.15) is 6.04 Å². The number of methoxy groups -OCH3 is 1. The predicted octanol–water partition coefficient (Wildman–Crippen LogP) is -0.746. The van der Waals surface area contributed by atoms with Crippen LogP contribution in [0.5, 0.6) is 0 Å². The third kappa shape index (κ3) is 3.68. The van der Waals surface area contributed by atoms with E-state index in [4.69, 9.17) is 4.74 Å². The zero-order valence-corrected chi connectivity index (χ0v) is 11.7. The largest absolute Gasteiger partial charge is 0.384 e. The van der Waals surface area contributed by atoms with Crippen molar-refractivity contribution in [1.29, 1.82) is 0 Å². The molecule has 6 nitrogen and oxygen atoms in total. The van der Waals surface area contributed by atoms with Crippen LogP contribution in [0, 0.1) is 0 Å². The number of piperazine rings is 1. The lowest BCUT2D eigenvalue weighted by molar-refractivity contribution is -0.141. The van der Waals surface area contributed by atoms with E-state index < -0.39 is 0 Å². The van der Waals surface area contributed by atoms with E-state index in [9.17, 15) is 9.59 Å². The van der Waals surface area contributed by atoms with Crippen molar-refractivity contribution in [3.63, 3.8) is 0 Å². The Morgan fingerprint density at radius 2 is 2.00 bits per heavy atom. The lowest BCUT2D eigenvalue weighted by Crippen LogP contribution is -2.58. The molecule has 0 aliphatic carbocycles. The van der Waals surface area contributed by atoms with E-state index in [1.807, 2.05) is 11.9 Å². The molecule has 104 valence electrons. The number of likely N-dealkylation sites (N-methyl/N-ethyl adjacent to an activating group) is 2. The van der Waals surface area contributed by atoms with Crippen molar-refractivity contribution < 1.29 is 14.3 Å². The molecule has 0 unspecified atom stereocenters. The van der Waals surface area contributed by atoms with Crippen molar-refractivity contribution in [1.82, 2.24) is 14.7 Å². The molecule has 0 spiro atoms. The molecule has 1 heterocycles. The third-order valence-electron chi connectivity index (χ3n) is 3.25. The molecular weight excluding hydrogens is 234 g/mol. The number of amides is 2. The van der Waals surface area contributed by atoms with Crippen molar-refractivity contribution in [2.75, 3.05) is 54.5 Å². The molecule has 0 aromatic heterocycles. The molecule has 18 heavy (non-hydrogen) atoms. The van der Waals surface area contributed by atoms with E-state index in [0.29, 0.717) is 26.1 Å². The fourth-order valence-electron chi connectivity index (χ4n) is 2.01. The highest BCUT2D eigenvalue weighted by atomic mass is 16.5. The molecule has 1 saturated heterocycles. The standard InChI is InChI=1S/C12H23N3O3/c1-13(2)12(17)10-9-15(7-6-14(10)3)11(16)5-8-18-4/h10H,5-9H2,1-4H3/t10-/m1/s1. The second kappa shape index (κ2) is 6.70. The van der Waals surface area contributed by atoms with Gasteiger partial charge in [-0.3, -0.25) is 14.5 Å². The summed E-state index contributed by atoms with van der Waals surface area (Å²) in [6.07, 6.45) is 0.378. The molecule has 0 radical (unpaired) electrons. The maximum atomic E-state index is 12.0. The van der Waals surface area contributed by atoms with Gasteiger partial charge in [-0.2, -0.15) is 0 Å². The van der Waals surface area contributed by atoms with Gasteiger partial charge in [0.2, 0.25) is 11.8 Å². The van der Waals surface area contributed by atoms with Gasteiger partial charge < -0.3 is 14.5 Å². The van der Waals surface area contributed by atoms with E-state index in [-0.39, 0.29) is 17.9 Å². The first-order valence-corrected chi connectivity index (χ1v) is 6.15. The second-order valence-corrected chi connectivity index (χ2v) is 4.81. The van der Waals surface area contributed by atoms with Crippen LogP contribution in [-0.2, 0) is 14.3 Å². The molecule has 1 rings (SSSR count). The summed E-state index contributed by atoms with van der Waals surface area (Å²) in [7, 11) is 6.97. The molecule has 6 heteroatoms. The summed E-state index contributed by atoms with van der Waals surface area (Å²) in [5.41, 5.74) is 0. The number of hydrogen-bond acceptors (Lipinski definition) is 4. The maximum absolute atomic E-state index is 12.0. The van der Waals surface area contributed by atoms with Crippen LogP contribution in [0.3, 0.4) is 0 Å². The third-order valence-corrected chi connectivity index (χ3v) is 3.25. The quantitative estimate of drug-likeness (QED) is 0.665. The van der Waals surface area contributed by atoms with Gasteiger partial charge >= 0.3 is 0 Å². The molecular formula is C12H23N3O3. The minimum Gasteiger partial charge on any atom is -0.384 e. The van der Waals surface area contributed by atoms with Gasteiger partial charge in [0.05, 0.1) is 13.0 Å². The van der Waals surface area contributed by atoms with E-state index in [0.717, 1.165) is 6.54 Å². The van der Waals surface area contributed by atoms with E-state index in [2.05, 4.69) is 0 Å². The summed E-state index contributed by atoms with van der Waals surface area (Å²) < 4.78 is 4.90. The molecule has 1 atom stereocenters. The van der Waals surface area contributed by atoms with Crippen molar-refractivity contribution in [2.24, 2.45) is 0 Å². The summed E-state index contributed by atoms with van der Waals surface area (Å²) in [5, 5.41) is 0. The van der Waals surface area contributed by atoms with Gasteiger partial charge in [-0.1, -0.05) is 0 Å². The van der Waals surface area contributed by atoms with Crippen LogP contribution in [0.1, 0.15) is 6.42 Å². The first-order chi connectivity index (χ1) is 8.47. The number of rotatable bonds is 4. The monoisotopic (exact) mass is 257 g/mol. The Morgan fingerprint density at radius 3 is 2.56 bits per heavy atom. The molecule has 1 aliphatic rings. The fourth-order valence-corrected chi connectivity index (χ4v) is 2.01. The van der Waals surface area contributed by atoms with Crippen molar-refractivity contribution in [3.8, 4) is 0 Å². The van der Waals surface area contributed by atoms with Crippen molar-refractivity contribution in [3.05, 3.63) is 0 Å². The van der Waals surface area contributed by atoms with Gasteiger partial charge in [-0.05, 0) is 7.05 Å². The number of carbonyl (C=O) groups excluding carboxylic acids is 2. The van der Waals surface area contributed by atoms with Crippen molar-refractivity contribution >= 4 is 11.8 Å². The minimum absolute atomic E-state index is 0.0433. The zero-order valence-electron chi connectivity index (χ0n) is 11.7. The molecule has 0 aromatic rings. The van der Waals surface area contributed by atoms with Gasteiger partial charge in [0, 0.05) is 40.8 Å². The normalized spacial score (nSPS) is 20.9. The van der Waals surface area contributed by atoms with Crippen LogP contribution in [0.15, 0.2) is 0 Å². The smallest absolute Gasteiger partial charge is 0.241 e. The molecule has 1 fully saturated rings. The summed E-state index contributed by atoms with van der Waals surface area (Å²) in [6, 6.07) is -0.236. The summed E-state index contributed by atoms with van der Waals surface area (Å²) in [5.74, 6) is 0.100. The fraction of sp³-hybridized carbons (Fsp3) is 0.833. The molecule has 0 N–H and O–H groups in total. The Hall–Kier alpha value is -1.14. The van der Waals surface area contributed by atoms with E-state index in [1.54, 1.807) is 31.0 Å². The van der Waals surface area contributed by atoms with Crippen LogP contribution in [0.4, 0.5) is 0 Å². The molecule has 2 amide bonds. The summed E-state index contributed by atoms with van der Waals surface area (Å²) in [6.45, 7) is 2.30. The van der Waals surface area contributed by atoms with Crippen LogP contribution in [0.25, 0.3) is 0 Å². The average molecular weight is 257 g/mol. The molecule has 0 saturated carbocycles. The predicted molar refractivity (Wildman–Crippen MR) is 68.2 cm³/mol. The highest BCUT2D eigenvalue weighted by Crippen LogP contribution is 2.11. The first-order valence-electron chi connectivity index (χ1n) is 6.15. The van der Waals surface area contributed by atoms with E-state index >= 15 is 0 Å². The Kier molecular flexibility index (Phi) is 5.55. The Bertz CT molecular complexity index is 307. The van der Waals surface area contributed by atoms with Gasteiger partial charge in [-0.15, -0.1) is 0 Å². The molecule has 0 aromatic carbocycles. The van der Waals surface area contributed by atoms with Gasteiger partial charge in [0.15, 0.2) is 0 Å². The lowest BCUT2D eigenvalue weighted by Gasteiger charge is -2.39. The van der Waals surface area contributed by atoms with Crippen LogP contribution in [-0.4, -0.2) is 87.0 Å². The van der Waals surface area contributed by atoms with Crippen LogP contribution >= 0.6 is 0 Å². The number of ether oxygens (including phenoxy) is 1. The number of hydrogen-bond donors (Lipinski definition) is 0. The average Bonchev–Trinajstić information content (AvgIpc) is 2.35. The molecule has 1 aliphatic heterocycles. The lowest BCUT2D eigenvalue weighted by atomic mass is 10.1. The Balaban J connectivity index is 2.60. The summed E-state index contributed by atoms with van der Waals surface area (Å²) in [4.78, 5) is 29.2. The zero-order chi connectivity index (χ0) is 13.7. The first kappa shape index (κ1) is 14.9. The SMILES string of the molecule is COCCC(=O)N1CCN(C)[C@@H](C(=O)N(C)C)C1. The maximum Gasteiger partial charge on any atom is 0.241 e. The highest BCUT2D eigenvalue weighted by Gasteiger charge is 2.32.